The van der Waals surface area contributed by atoms with Crippen LogP contribution in [0.1, 0.15) is 0 Å². The molecule has 0 amide bonds. The zero-order chi connectivity index (χ0) is 14.9. The van der Waals surface area contributed by atoms with Gasteiger partial charge in [0.2, 0.25) is 0 Å². The molecule has 0 unspecified atom stereocenters. The quantitative estimate of drug-likeness (QED) is 0.731. The van der Waals surface area contributed by atoms with E-state index >= 15 is 0 Å². The Balaban J connectivity index is 1.77. The van der Waals surface area contributed by atoms with Crippen molar-refractivity contribution in [3.63, 3.8) is 0 Å². The topological polar surface area (TPSA) is 51.3 Å². The number of rotatable bonds is 2. The number of nitrogens with zero attached hydrogens (tertiary/aromatic N) is 5. The van der Waals surface area contributed by atoms with Gasteiger partial charge in [-0.1, -0.05) is 18.2 Å². The number of aromatic nitrogens is 4. The Labute approximate surface area is 129 Å². The summed E-state index contributed by atoms with van der Waals surface area (Å²) in [6.45, 7) is 4.32. The summed E-state index contributed by atoms with van der Waals surface area (Å²) in [5, 5.41) is 5.54. The molecular formula is C16H19N6+. The summed E-state index contributed by atoms with van der Waals surface area (Å²) in [5.74, 6) is 1.000. The van der Waals surface area contributed by atoms with Crippen LogP contribution in [0.3, 0.4) is 0 Å². The van der Waals surface area contributed by atoms with Crippen molar-refractivity contribution in [3.8, 4) is 5.69 Å². The van der Waals surface area contributed by atoms with Crippen LogP contribution >= 0.6 is 0 Å². The zero-order valence-electron chi connectivity index (χ0n) is 12.6. The number of para-hydroxylation sites is 1. The summed E-state index contributed by atoms with van der Waals surface area (Å²) < 4.78 is 1.88. The Kier molecular flexibility index (Phi) is 3.23. The van der Waals surface area contributed by atoms with E-state index in [0.29, 0.717) is 0 Å². The third-order valence-corrected chi connectivity index (χ3v) is 4.26. The molecule has 1 saturated heterocycles. The fourth-order valence-electron chi connectivity index (χ4n) is 2.94. The molecule has 6 nitrogen and oxygen atoms in total. The average molecular weight is 295 g/mol. The molecule has 4 rings (SSSR count). The van der Waals surface area contributed by atoms with E-state index in [-0.39, 0.29) is 0 Å². The summed E-state index contributed by atoms with van der Waals surface area (Å²) in [6, 6.07) is 10.1. The van der Waals surface area contributed by atoms with Crippen molar-refractivity contribution in [2.75, 3.05) is 38.1 Å². The van der Waals surface area contributed by atoms with Gasteiger partial charge in [-0.3, -0.25) is 0 Å². The normalized spacial score (nSPS) is 16.3. The SMILES string of the molecule is C[NH+]1CCN(c2ncnc3c2cnn3-c2ccccc2)CC1. The first-order valence-corrected chi connectivity index (χ1v) is 7.63. The molecule has 3 heterocycles. The molecule has 2 aromatic heterocycles. The second-order valence-electron chi connectivity index (χ2n) is 5.77. The minimum Gasteiger partial charge on any atom is -0.345 e. The first kappa shape index (κ1) is 13.2. The minimum absolute atomic E-state index is 0.863. The molecule has 0 radical (unpaired) electrons. The van der Waals surface area contributed by atoms with E-state index in [9.17, 15) is 0 Å². The molecule has 1 aliphatic rings. The molecular weight excluding hydrogens is 276 g/mol. The maximum atomic E-state index is 4.52. The van der Waals surface area contributed by atoms with Crippen molar-refractivity contribution in [3.05, 3.63) is 42.9 Å². The molecule has 1 N–H and O–H groups in total. The van der Waals surface area contributed by atoms with Gasteiger partial charge in [0.15, 0.2) is 5.65 Å². The molecule has 0 aliphatic carbocycles. The number of hydrogen-bond donors (Lipinski definition) is 1. The van der Waals surface area contributed by atoms with Gasteiger partial charge in [-0.2, -0.15) is 5.10 Å². The predicted molar refractivity (Wildman–Crippen MR) is 85.5 cm³/mol. The molecule has 1 aromatic carbocycles. The molecule has 0 spiro atoms. The highest BCUT2D eigenvalue weighted by molar-refractivity contribution is 5.87. The molecule has 3 aromatic rings. The summed E-state index contributed by atoms with van der Waals surface area (Å²) >= 11 is 0. The molecule has 1 fully saturated rings. The number of fused-ring (bicyclic) bond motifs is 1. The molecule has 0 bridgehead atoms. The van der Waals surface area contributed by atoms with Crippen molar-refractivity contribution >= 4 is 16.9 Å². The van der Waals surface area contributed by atoms with Crippen LogP contribution in [0.25, 0.3) is 16.7 Å². The lowest BCUT2D eigenvalue weighted by Gasteiger charge is -2.30. The first-order chi connectivity index (χ1) is 10.8. The second kappa shape index (κ2) is 5.38. The van der Waals surface area contributed by atoms with Gasteiger partial charge in [0.1, 0.15) is 12.1 Å². The lowest BCUT2D eigenvalue weighted by atomic mass is 10.3. The number of nitrogens with one attached hydrogen (secondary N) is 1. The van der Waals surface area contributed by atoms with Gasteiger partial charge in [-0.15, -0.1) is 0 Å². The first-order valence-electron chi connectivity index (χ1n) is 7.63. The maximum absolute atomic E-state index is 4.52. The van der Waals surface area contributed by atoms with Gasteiger partial charge < -0.3 is 9.80 Å². The monoisotopic (exact) mass is 295 g/mol. The molecule has 1 aliphatic heterocycles. The second-order valence-corrected chi connectivity index (χ2v) is 5.77. The Morgan fingerprint density at radius 3 is 2.59 bits per heavy atom. The Morgan fingerprint density at radius 1 is 1.05 bits per heavy atom. The van der Waals surface area contributed by atoms with Crippen LogP contribution in [0, 0.1) is 0 Å². The highest BCUT2D eigenvalue weighted by Crippen LogP contribution is 2.24. The van der Waals surface area contributed by atoms with E-state index in [1.807, 2.05) is 41.2 Å². The summed E-state index contributed by atoms with van der Waals surface area (Å²) in [5.41, 5.74) is 1.88. The van der Waals surface area contributed by atoms with E-state index in [2.05, 4.69) is 27.0 Å². The van der Waals surface area contributed by atoms with Crippen molar-refractivity contribution in [2.24, 2.45) is 0 Å². The number of piperazine rings is 1. The van der Waals surface area contributed by atoms with Crippen LogP contribution in [-0.4, -0.2) is 53.0 Å². The van der Waals surface area contributed by atoms with Gasteiger partial charge >= 0.3 is 0 Å². The Morgan fingerprint density at radius 2 is 1.82 bits per heavy atom. The summed E-state index contributed by atoms with van der Waals surface area (Å²) in [4.78, 5) is 12.9. The average Bonchev–Trinajstić information content (AvgIpc) is 3.00. The van der Waals surface area contributed by atoms with Crippen LogP contribution in [0.15, 0.2) is 42.9 Å². The Bertz CT molecular complexity index is 774. The fourth-order valence-corrected chi connectivity index (χ4v) is 2.94. The van der Waals surface area contributed by atoms with Crippen LogP contribution < -0.4 is 9.80 Å². The van der Waals surface area contributed by atoms with Gasteiger partial charge in [0.25, 0.3) is 0 Å². The van der Waals surface area contributed by atoms with E-state index in [1.165, 1.54) is 0 Å². The number of likely N-dealkylation sites (N-methyl/N-ethyl adjacent to an activating group) is 1. The molecule has 0 atom stereocenters. The van der Waals surface area contributed by atoms with Gasteiger partial charge in [-0.05, 0) is 12.1 Å². The van der Waals surface area contributed by atoms with Crippen molar-refractivity contribution < 1.29 is 4.90 Å². The van der Waals surface area contributed by atoms with Crippen LogP contribution in [0.5, 0.6) is 0 Å². The van der Waals surface area contributed by atoms with Crippen molar-refractivity contribution in [1.29, 1.82) is 0 Å². The largest absolute Gasteiger partial charge is 0.345 e. The molecule has 0 saturated carbocycles. The number of benzene rings is 1. The van der Waals surface area contributed by atoms with E-state index in [0.717, 1.165) is 48.7 Å². The predicted octanol–water partition coefficient (Wildman–Crippen LogP) is 0.150. The third kappa shape index (κ3) is 2.21. The highest BCUT2D eigenvalue weighted by Gasteiger charge is 2.21. The number of quaternary nitrogens is 1. The number of hydrogen-bond acceptors (Lipinski definition) is 4. The van der Waals surface area contributed by atoms with Gasteiger partial charge in [-0.25, -0.2) is 14.6 Å². The third-order valence-electron chi connectivity index (χ3n) is 4.26. The molecule has 22 heavy (non-hydrogen) atoms. The van der Waals surface area contributed by atoms with Gasteiger partial charge in [0, 0.05) is 0 Å². The lowest BCUT2D eigenvalue weighted by Crippen LogP contribution is -3.12. The van der Waals surface area contributed by atoms with Crippen molar-refractivity contribution in [2.45, 2.75) is 0 Å². The zero-order valence-corrected chi connectivity index (χ0v) is 12.6. The van der Waals surface area contributed by atoms with E-state index in [1.54, 1.807) is 11.2 Å². The molecule has 6 heteroatoms. The smallest absolute Gasteiger partial charge is 0.168 e. The maximum Gasteiger partial charge on any atom is 0.168 e. The van der Waals surface area contributed by atoms with Crippen molar-refractivity contribution in [1.82, 2.24) is 19.7 Å². The fraction of sp³-hybridized carbons (Fsp3) is 0.312. The molecule has 112 valence electrons. The Hall–Kier alpha value is -2.47. The van der Waals surface area contributed by atoms with Crippen LogP contribution in [0.4, 0.5) is 5.82 Å². The van der Waals surface area contributed by atoms with E-state index in [4.69, 9.17) is 0 Å². The highest BCUT2D eigenvalue weighted by atomic mass is 15.3. The van der Waals surface area contributed by atoms with E-state index < -0.39 is 0 Å². The standard InChI is InChI=1S/C16H18N6/c1-20-7-9-21(10-8-20)15-14-11-19-22(16(14)18-12-17-15)13-5-3-2-4-6-13/h2-6,11-12H,7-10H2,1H3/p+1. The summed E-state index contributed by atoms with van der Waals surface area (Å²) in [7, 11) is 2.24. The lowest BCUT2D eigenvalue weighted by molar-refractivity contribution is -0.880. The number of anilines is 1. The van der Waals surface area contributed by atoms with Gasteiger partial charge in [0.05, 0.1) is 50.5 Å². The van der Waals surface area contributed by atoms with Crippen LogP contribution in [-0.2, 0) is 0 Å². The van der Waals surface area contributed by atoms with Crippen LogP contribution in [0.2, 0.25) is 0 Å². The summed E-state index contributed by atoms with van der Waals surface area (Å²) in [6.07, 6.45) is 3.52. The minimum atomic E-state index is 0.863.